The molecule has 0 rings (SSSR count). The van der Waals surface area contributed by atoms with Crippen LogP contribution in [-0.2, 0) is 9.59 Å². The van der Waals surface area contributed by atoms with Crippen molar-refractivity contribution in [2.24, 2.45) is 0 Å². The first kappa shape index (κ1) is 17.8. The largest absolute Gasteiger partial charge is 0.479 e. The number of alkyl halides is 3. The van der Waals surface area contributed by atoms with Crippen molar-refractivity contribution in [2.75, 3.05) is 0 Å². The highest BCUT2D eigenvalue weighted by Gasteiger charge is 2.39. The van der Waals surface area contributed by atoms with Gasteiger partial charge in [-0.3, -0.25) is 4.79 Å². The molecular formula is C8H11Cl3O7. The monoisotopic (exact) mass is 324 g/mol. The van der Waals surface area contributed by atoms with E-state index in [-0.39, 0.29) is 0 Å². The van der Waals surface area contributed by atoms with Gasteiger partial charge in [0.15, 0.2) is 15.7 Å². The number of hydrogen-bond donors (Lipinski definition) is 5. The molecule has 0 amide bonds. The van der Waals surface area contributed by atoms with E-state index in [2.05, 4.69) is 0 Å². The Balaban J connectivity index is 4.64. The van der Waals surface area contributed by atoms with Crippen LogP contribution in [0.15, 0.2) is 0 Å². The molecule has 4 atom stereocenters. The van der Waals surface area contributed by atoms with Crippen LogP contribution in [0.4, 0.5) is 0 Å². The minimum Gasteiger partial charge on any atom is -0.479 e. The number of rotatable bonds is 6. The number of aliphatic hydroxyl groups is 4. The van der Waals surface area contributed by atoms with Crippen molar-refractivity contribution in [1.29, 1.82) is 0 Å². The SMILES string of the molecule is O=C(O)[C@@H](O)[C@@H](O)[C@H](O)[C@@H](O)C(=O)CC(Cl)(Cl)Cl. The van der Waals surface area contributed by atoms with E-state index in [4.69, 9.17) is 45.0 Å². The molecule has 0 aromatic carbocycles. The maximum atomic E-state index is 11.3. The van der Waals surface area contributed by atoms with Gasteiger partial charge in [0, 0.05) is 0 Å². The van der Waals surface area contributed by atoms with Gasteiger partial charge in [-0.15, -0.1) is 0 Å². The van der Waals surface area contributed by atoms with Gasteiger partial charge in [-0.2, -0.15) is 0 Å². The summed E-state index contributed by atoms with van der Waals surface area (Å²) >= 11 is 15.8. The second kappa shape index (κ2) is 6.85. The molecule has 0 spiro atoms. The van der Waals surface area contributed by atoms with Crippen LogP contribution in [0.5, 0.6) is 0 Å². The fourth-order valence-corrected chi connectivity index (χ4v) is 1.41. The molecule has 0 bridgehead atoms. The molecule has 0 aliphatic heterocycles. The lowest BCUT2D eigenvalue weighted by molar-refractivity contribution is -0.165. The normalized spacial score (nSPS) is 18.8. The fourth-order valence-electron chi connectivity index (χ4n) is 1.01. The lowest BCUT2D eigenvalue weighted by Crippen LogP contribution is -2.50. The van der Waals surface area contributed by atoms with E-state index >= 15 is 0 Å². The maximum absolute atomic E-state index is 11.3. The molecule has 0 heterocycles. The molecule has 0 aromatic heterocycles. The summed E-state index contributed by atoms with van der Waals surface area (Å²) in [5.74, 6) is -2.96. The van der Waals surface area contributed by atoms with Gasteiger partial charge < -0.3 is 25.5 Å². The second-order valence-electron chi connectivity index (χ2n) is 3.47. The van der Waals surface area contributed by atoms with Crippen LogP contribution < -0.4 is 0 Å². The maximum Gasteiger partial charge on any atom is 0.335 e. The topological polar surface area (TPSA) is 135 Å². The summed E-state index contributed by atoms with van der Waals surface area (Å²) in [5, 5.41) is 45.1. The molecule has 106 valence electrons. The molecule has 5 N–H and O–H groups in total. The lowest BCUT2D eigenvalue weighted by Gasteiger charge is -2.24. The molecule has 0 fully saturated rings. The number of carboxylic acid groups (broad SMARTS) is 1. The molecule has 7 nitrogen and oxygen atoms in total. The standard InChI is InChI=1S/C8H11Cl3O7/c9-8(10,11)1-2(12)3(13)4(14)5(15)6(16)7(17)18/h3-6,13-16H,1H2,(H,17,18)/t3-,4+,5-,6-/m0/s1. The van der Waals surface area contributed by atoms with Crippen LogP contribution in [0.2, 0.25) is 0 Å². The molecule has 0 saturated carbocycles. The first-order valence-corrected chi connectivity index (χ1v) is 5.65. The third-order valence-electron chi connectivity index (χ3n) is 1.95. The molecular weight excluding hydrogens is 314 g/mol. The van der Waals surface area contributed by atoms with Crippen molar-refractivity contribution < 1.29 is 35.1 Å². The number of aliphatic carboxylic acids is 1. The Morgan fingerprint density at radius 1 is 0.944 bits per heavy atom. The number of halogens is 3. The summed E-state index contributed by atoms with van der Waals surface area (Å²) < 4.78 is -2.01. The highest BCUT2D eigenvalue weighted by atomic mass is 35.6. The minimum absolute atomic E-state index is 0.758. The summed E-state index contributed by atoms with van der Waals surface area (Å²) in [6.07, 6.45) is -9.81. The van der Waals surface area contributed by atoms with Gasteiger partial charge in [-0.1, -0.05) is 34.8 Å². The summed E-state index contributed by atoms with van der Waals surface area (Å²) in [4.78, 5) is 21.6. The van der Waals surface area contributed by atoms with Crippen molar-refractivity contribution in [3.63, 3.8) is 0 Å². The zero-order valence-electron chi connectivity index (χ0n) is 8.70. The third kappa shape index (κ3) is 5.66. The van der Waals surface area contributed by atoms with E-state index < -0.39 is 46.4 Å². The van der Waals surface area contributed by atoms with Crippen LogP contribution >= 0.6 is 34.8 Å². The predicted octanol–water partition coefficient (Wildman–Crippen LogP) is -1.16. The summed E-state index contributed by atoms with van der Waals surface area (Å²) in [7, 11) is 0. The smallest absolute Gasteiger partial charge is 0.335 e. The molecule has 0 aromatic rings. The first-order valence-electron chi connectivity index (χ1n) is 4.52. The van der Waals surface area contributed by atoms with Gasteiger partial charge in [0.05, 0.1) is 6.42 Å². The molecule has 10 heteroatoms. The van der Waals surface area contributed by atoms with Gasteiger partial charge in [0.25, 0.3) is 0 Å². The van der Waals surface area contributed by atoms with Crippen LogP contribution in [-0.4, -0.2) is 65.5 Å². The lowest BCUT2D eigenvalue weighted by atomic mass is 9.99. The Morgan fingerprint density at radius 2 is 1.33 bits per heavy atom. The number of carbonyl (C=O) groups excluding carboxylic acids is 1. The Morgan fingerprint density at radius 3 is 1.67 bits per heavy atom. The van der Waals surface area contributed by atoms with Crippen molar-refractivity contribution in [2.45, 2.75) is 34.6 Å². The number of carboxylic acids is 1. The first-order chi connectivity index (χ1) is 7.97. The minimum atomic E-state index is -2.37. The molecule has 0 aliphatic carbocycles. The summed E-state index contributed by atoms with van der Waals surface area (Å²) in [6.45, 7) is 0. The Labute approximate surface area is 116 Å². The molecule has 0 aliphatic rings. The van der Waals surface area contributed by atoms with E-state index in [1.165, 1.54) is 0 Å². The number of hydrogen-bond acceptors (Lipinski definition) is 6. The Bertz CT molecular complexity index is 316. The Hall–Kier alpha value is -0.150. The quantitative estimate of drug-likeness (QED) is 0.389. The van der Waals surface area contributed by atoms with Crippen LogP contribution in [0.1, 0.15) is 6.42 Å². The van der Waals surface area contributed by atoms with Crippen LogP contribution in [0.25, 0.3) is 0 Å². The second-order valence-corrected chi connectivity index (χ2v) is 5.98. The number of aliphatic hydroxyl groups excluding tert-OH is 4. The molecule has 0 unspecified atom stereocenters. The van der Waals surface area contributed by atoms with E-state index in [9.17, 15) is 24.9 Å². The zero-order chi connectivity index (χ0) is 14.7. The van der Waals surface area contributed by atoms with Gasteiger partial charge >= 0.3 is 5.97 Å². The van der Waals surface area contributed by atoms with E-state index in [1.54, 1.807) is 0 Å². The van der Waals surface area contributed by atoms with Crippen molar-refractivity contribution in [3.8, 4) is 0 Å². The van der Waals surface area contributed by atoms with Crippen molar-refractivity contribution in [1.82, 2.24) is 0 Å². The van der Waals surface area contributed by atoms with Gasteiger partial charge in [-0.05, 0) is 0 Å². The van der Waals surface area contributed by atoms with Crippen molar-refractivity contribution in [3.05, 3.63) is 0 Å². The number of carbonyl (C=O) groups is 2. The average molecular weight is 326 g/mol. The van der Waals surface area contributed by atoms with Crippen molar-refractivity contribution >= 4 is 46.6 Å². The number of Topliss-reactive ketones (excluding diaryl/α,β-unsaturated/α-hetero) is 1. The predicted molar refractivity (Wildman–Crippen MR) is 61.6 cm³/mol. The summed E-state index contributed by atoms with van der Waals surface area (Å²) in [6, 6.07) is 0. The Kier molecular flexibility index (Phi) is 6.80. The molecule has 0 radical (unpaired) electrons. The average Bonchev–Trinajstić information content (AvgIpc) is 2.22. The fraction of sp³-hybridized carbons (Fsp3) is 0.750. The molecule has 18 heavy (non-hydrogen) atoms. The highest BCUT2D eigenvalue weighted by molar-refractivity contribution is 6.68. The summed E-state index contributed by atoms with van der Waals surface area (Å²) in [5.41, 5.74) is 0. The van der Waals surface area contributed by atoms with E-state index in [0.29, 0.717) is 0 Å². The van der Waals surface area contributed by atoms with E-state index in [1.807, 2.05) is 0 Å². The van der Waals surface area contributed by atoms with Crippen LogP contribution in [0.3, 0.4) is 0 Å². The number of ketones is 1. The zero-order valence-corrected chi connectivity index (χ0v) is 11.0. The highest BCUT2D eigenvalue weighted by Crippen LogP contribution is 2.31. The van der Waals surface area contributed by atoms with Gasteiger partial charge in [0.2, 0.25) is 0 Å². The molecule has 0 saturated heterocycles. The van der Waals surface area contributed by atoms with Gasteiger partial charge in [0.1, 0.15) is 18.3 Å². The van der Waals surface area contributed by atoms with Crippen LogP contribution in [0, 0.1) is 0 Å². The van der Waals surface area contributed by atoms with Gasteiger partial charge in [-0.25, -0.2) is 4.79 Å². The third-order valence-corrected chi connectivity index (χ3v) is 2.36. The van der Waals surface area contributed by atoms with E-state index in [0.717, 1.165) is 0 Å².